The Bertz CT molecular complexity index is 109. The molecule has 1 aliphatic rings. The average molecular weight is 189 g/mol. The Kier molecular flexibility index (Phi) is 5.04. The Morgan fingerprint density at radius 2 is 2.50 bits per heavy atom. The number of nitrogens with one attached hydrogen (secondary N) is 1. The molecule has 0 radical (unpaired) electrons. The minimum Gasteiger partial charge on any atom is -0.395 e. The quantitative estimate of drug-likeness (QED) is 0.679. The Balaban J connectivity index is 2.06. The smallest absolute Gasteiger partial charge is 0.0584 e. The predicted octanol–water partition coefficient (Wildman–Crippen LogP) is 1.10. The zero-order valence-corrected chi connectivity index (χ0v) is 8.57. The number of aliphatic hydroxyl groups excluding tert-OH is 1. The van der Waals surface area contributed by atoms with Gasteiger partial charge in [0.2, 0.25) is 0 Å². The molecule has 1 aliphatic heterocycles. The van der Waals surface area contributed by atoms with E-state index in [1.165, 1.54) is 17.9 Å². The molecule has 0 amide bonds. The molecule has 12 heavy (non-hydrogen) atoms. The summed E-state index contributed by atoms with van der Waals surface area (Å²) in [6.45, 7) is 3.47. The van der Waals surface area contributed by atoms with Crippen molar-refractivity contribution in [2.45, 2.75) is 25.8 Å². The van der Waals surface area contributed by atoms with Gasteiger partial charge in [-0.25, -0.2) is 0 Å². The van der Waals surface area contributed by atoms with Crippen molar-refractivity contribution >= 4 is 11.8 Å². The van der Waals surface area contributed by atoms with E-state index in [1.54, 1.807) is 0 Å². The van der Waals surface area contributed by atoms with Crippen molar-refractivity contribution in [3.8, 4) is 0 Å². The molecule has 1 rings (SSSR count). The fourth-order valence-electron chi connectivity index (χ4n) is 1.42. The second-order valence-corrected chi connectivity index (χ2v) is 4.58. The molecule has 3 heteroatoms. The number of hydrogen-bond donors (Lipinski definition) is 2. The molecule has 2 unspecified atom stereocenters. The van der Waals surface area contributed by atoms with E-state index in [1.807, 2.05) is 11.8 Å². The van der Waals surface area contributed by atoms with E-state index in [2.05, 4.69) is 12.2 Å². The highest BCUT2D eigenvalue weighted by molar-refractivity contribution is 7.99. The summed E-state index contributed by atoms with van der Waals surface area (Å²) in [7, 11) is 0. The lowest BCUT2D eigenvalue weighted by atomic mass is 10.1. The van der Waals surface area contributed by atoms with Crippen LogP contribution in [0.3, 0.4) is 0 Å². The van der Waals surface area contributed by atoms with Crippen LogP contribution in [0.4, 0.5) is 0 Å². The normalized spacial score (nSPS) is 26.0. The van der Waals surface area contributed by atoms with Gasteiger partial charge in [0.05, 0.1) is 6.61 Å². The fraction of sp³-hybridized carbons (Fsp3) is 1.00. The van der Waals surface area contributed by atoms with Gasteiger partial charge in [0.15, 0.2) is 0 Å². The van der Waals surface area contributed by atoms with Crippen molar-refractivity contribution in [3.63, 3.8) is 0 Å². The lowest BCUT2D eigenvalue weighted by Gasteiger charge is -2.16. The summed E-state index contributed by atoms with van der Waals surface area (Å²) in [4.78, 5) is 0. The second kappa shape index (κ2) is 5.84. The van der Waals surface area contributed by atoms with E-state index in [-0.39, 0.29) is 6.61 Å². The van der Waals surface area contributed by atoms with Crippen LogP contribution < -0.4 is 5.32 Å². The molecule has 0 aromatic rings. The van der Waals surface area contributed by atoms with Gasteiger partial charge in [0, 0.05) is 6.04 Å². The summed E-state index contributed by atoms with van der Waals surface area (Å²) in [6.07, 6.45) is 2.37. The summed E-state index contributed by atoms with van der Waals surface area (Å²) in [6, 6.07) is 0.315. The van der Waals surface area contributed by atoms with E-state index >= 15 is 0 Å². The first-order valence-corrected chi connectivity index (χ1v) is 5.94. The Morgan fingerprint density at radius 3 is 3.00 bits per heavy atom. The molecule has 72 valence electrons. The molecule has 0 bridgehead atoms. The van der Waals surface area contributed by atoms with Crippen LogP contribution in [0, 0.1) is 5.92 Å². The van der Waals surface area contributed by atoms with E-state index in [0.29, 0.717) is 6.04 Å². The number of rotatable bonds is 5. The zero-order chi connectivity index (χ0) is 8.81. The van der Waals surface area contributed by atoms with Crippen molar-refractivity contribution in [3.05, 3.63) is 0 Å². The van der Waals surface area contributed by atoms with Gasteiger partial charge in [-0.15, -0.1) is 0 Å². The first-order valence-electron chi connectivity index (χ1n) is 4.78. The van der Waals surface area contributed by atoms with Gasteiger partial charge in [-0.2, -0.15) is 11.8 Å². The topological polar surface area (TPSA) is 32.3 Å². The average Bonchev–Trinajstić information content (AvgIpc) is 2.59. The van der Waals surface area contributed by atoms with Gasteiger partial charge in [-0.1, -0.05) is 6.92 Å². The van der Waals surface area contributed by atoms with Gasteiger partial charge in [-0.3, -0.25) is 0 Å². The third kappa shape index (κ3) is 3.33. The Morgan fingerprint density at radius 1 is 1.67 bits per heavy atom. The standard InChI is InChI=1S/C9H19NOS/c1-2-9(6-11)10-5-8-3-4-12-7-8/h8-11H,2-7H2,1H3. The number of thioether (sulfide) groups is 1. The molecule has 0 spiro atoms. The van der Waals surface area contributed by atoms with E-state index < -0.39 is 0 Å². The molecular formula is C9H19NOS. The van der Waals surface area contributed by atoms with Crippen LogP contribution in [-0.4, -0.2) is 35.8 Å². The van der Waals surface area contributed by atoms with Gasteiger partial charge in [0.1, 0.15) is 0 Å². The lowest BCUT2D eigenvalue weighted by molar-refractivity contribution is 0.235. The van der Waals surface area contributed by atoms with E-state index in [4.69, 9.17) is 5.11 Å². The highest BCUT2D eigenvalue weighted by Gasteiger charge is 2.16. The molecular weight excluding hydrogens is 170 g/mol. The second-order valence-electron chi connectivity index (χ2n) is 3.43. The third-order valence-corrected chi connectivity index (χ3v) is 3.66. The molecule has 1 fully saturated rings. The minimum atomic E-state index is 0.274. The summed E-state index contributed by atoms with van der Waals surface area (Å²) >= 11 is 2.05. The Hall–Kier alpha value is 0.270. The van der Waals surface area contributed by atoms with Crippen LogP contribution in [0.25, 0.3) is 0 Å². The molecule has 0 aromatic carbocycles. The highest BCUT2D eigenvalue weighted by Crippen LogP contribution is 2.22. The maximum absolute atomic E-state index is 8.93. The van der Waals surface area contributed by atoms with Gasteiger partial charge < -0.3 is 10.4 Å². The monoisotopic (exact) mass is 189 g/mol. The van der Waals surface area contributed by atoms with Crippen LogP contribution >= 0.6 is 11.8 Å². The molecule has 0 aliphatic carbocycles. The molecule has 2 atom stereocenters. The first-order chi connectivity index (χ1) is 5.86. The molecule has 0 aromatic heterocycles. The largest absolute Gasteiger partial charge is 0.395 e. The van der Waals surface area contributed by atoms with Crippen LogP contribution in [0.1, 0.15) is 19.8 Å². The van der Waals surface area contributed by atoms with Crippen molar-refractivity contribution in [1.82, 2.24) is 5.32 Å². The molecule has 1 heterocycles. The maximum Gasteiger partial charge on any atom is 0.0584 e. The number of hydrogen-bond acceptors (Lipinski definition) is 3. The minimum absolute atomic E-state index is 0.274. The van der Waals surface area contributed by atoms with Crippen LogP contribution in [-0.2, 0) is 0 Å². The summed E-state index contributed by atoms with van der Waals surface area (Å²) < 4.78 is 0. The maximum atomic E-state index is 8.93. The molecule has 1 saturated heterocycles. The SMILES string of the molecule is CCC(CO)NCC1CCSC1. The van der Waals surface area contributed by atoms with Crippen molar-refractivity contribution in [1.29, 1.82) is 0 Å². The molecule has 2 N–H and O–H groups in total. The van der Waals surface area contributed by atoms with Gasteiger partial charge >= 0.3 is 0 Å². The highest BCUT2D eigenvalue weighted by atomic mass is 32.2. The fourth-order valence-corrected chi connectivity index (χ4v) is 2.70. The number of aliphatic hydroxyl groups is 1. The Labute approximate surface area is 79.1 Å². The van der Waals surface area contributed by atoms with Crippen LogP contribution in [0.5, 0.6) is 0 Å². The third-order valence-electron chi connectivity index (χ3n) is 2.43. The van der Waals surface area contributed by atoms with E-state index in [9.17, 15) is 0 Å². The van der Waals surface area contributed by atoms with Crippen LogP contribution in [0.2, 0.25) is 0 Å². The predicted molar refractivity (Wildman–Crippen MR) is 54.6 cm³/mol. The first kappa shape index (κ1) is 10.4. The lowest BCUT2D eigenvalue weighted by Crippen LogP contribution is -2.35. The summed E-state index contributed by atoms with van der Waals surface area (Å²) in [5.41, 5.74) is 0. The van der Waals surface area contributed by atoms with Crippen molar-refractivity contribution < 1.29 is 5.11 Å². The van der Waals surface area contributed by atoms with Crippen molar-refractivity contribution in [2.24, 2.45) is 5.92 Å². The van der Waals surface area contributed by atoms with Crippen LogP contribution in [0.15, 0.2) is 0 Å². The summed E-state index contributed by atoms with van der Waals surface area (Å²) in [5.74, 6) is 3.47. The summed E-state index contributed by atoms with van der Waals surface area (Å²) in [5, 5.41) is 12.3. The van der Waals surface area contributed by atoms with Gasteiger partial charge in [0.25, 0.3) is 0 Å². The van der Waals surface area contributed by atoms with E-state index in [0.717, 1.165) is 18.9 Å². The molecule has 2 nitrogen and oxygen atoms in total. The van der Waals surface area contributed by atoms with Crippen molar-refractivity contribution in [2.75, 3.05) is 24.7 Å². The zero-order valence-electron chi connectivity index (χ0n) is 7.75. The molecule has 0 saturated carbocycles. The van der Waals surface area contributed by atoms with Gasteiger partial charge in [-0.05, 0) is 36.8 Å².